The first-order chi connectivity index (χ1) is 16.7. The molecule has 3 N–H and O–H groups in total. The van der Waals surface area contributed by atoms with Crippen LogP contribution in [0.3, 0.4) is 0 Å². The largest absolute Gasteiger partial charge is 0.480 e. The number of halogens is 1. The number of carboxylic acids is 1. The van der Waals surface area contributed by atoms with Gasteiger partial charge in [0.2, 0.25) is 0 Å². The number of aliphatic carboxylic acids is 1. The molecule has 2 unspecified atom stereocenters. The van der Waals surface area contributed by atoms with Crippen molar-refractivity contribution in [1.29, 1.82) is 0 Å². The van der Waals surface area contributed by atoms with E-state index in [4.69, 9.17) is 19.7 Å². The Morgan fingerprint density at radius 1 is 1.34 bits per heavy atom. The van der Waals surface area contributed by atoms with Gasteiger partial charge in [-0.05, 0) is 19.1 Å². The van der Waals surface area contributed by atoms with Gasteiger partial charge in [0.1, 0.15) is 23.6 Å². The summed E-state index contributed by atoms with van der Waals surface area (Å²) in [7, 11) is -3.92. The second kappa shape index (κ2) is 10.1. The number of nitrogens with two attached hydrogens (primary N) is 1. The van der Waals surface area contributed by atoms with E-state index in [1.54, 1.807) is 37.3 Å². The van der Waals surface area contributed by atoms with E-state index in [9.17, 15) is 18.9 Å². The third-order valence-electron chi connectivity index (χ3n) is 5.35. The van der Waals surface area contributed by atoms with E-state index in [0.29, 0.717) is 0 Å². The summed E-state index contributed by atoms with van der Waals surface area (Å²) in [6.07, 6.45) is 0.573. The third-order valence-corrected chi connectivity index (χ3v) is 7.73. The fraction of sp³-hybridized carbons (Fsp3) is 0.333. The average molecular weight is 506 g/mol. The average Bonchev–Trinajstić information content (AvgIpc) is 3.42. The number of likely N-dealkylation sites (N-methyl/N-ethyl adjacent to an activating group) is 1. The van der Waals surface area contributed by atoms with Crippen LogP contribution in [0.4, 0.5) is 10.2 Å². The third kappa shape index (κ3) is 5.03. The fourth-order valence-corrected chi connectivity index (χ4v) is 5.77. The summed E-state index contributed by atoms with van der Waals surface area (Å²) in [6, 6.07) is 7.17. The van der Waals surface area contributed by atoms with Crippen molar-refractivity contribution in [2.45, 2.75) is 32.4 Å². The molecule has 0 aliphatic carbocycles. The second-order valence-corrected chi connectivity index (χ2v) is 9.83. The number of benzene rings is 1. The summed E-state index contributed by atoms with van der Waals surface area (Å²) in [5.74, 6) is -1.46. The van der Waals surface area contributed by atoms with Gasteiger partial charge in [-0.2, -0.15) is 0 Å². The van der Waals surface area contributed by atoms with Crippen LogP contribution in [0.15, 0.2) is 54.9 Å². The normalized spacial score (nSPS) is 20.5. The molecular formula is C21H24FN6O6P. The number of aromatic nitrogens is 4. The van der Waals surface area contributed by atoms with Gasteiger partial charge in [0.05, 0.1) is 6.33 Å². The number of nitrogen functional groups attached to an aromatic ring is 1. The summed E-state index contributed by atoms with van der Waals surface area (Å²) < 4.78 is 48.3. The van der Waals surface area contributed by atoms with Crippen molar-refractivity contribution >= 4 is 30.5 Å². The first-order valence-electron chi connectivity index (χ1n) is 10.6. The lowest BCUT2D eigenvalue weighted by Gasteiger charge is -2.33. The number of carbonyl (C=O) groups is 1. The fourth-order valence-electron chi connectivity index (χ4n) is 3.62. The van der Waals surface area contributed by atoms with Crippen LogP contribution in [-0.2, 0) is 18.8 Å². The highest BCUT2D eigenvalue weighted by Gasteiger charge is 2.41. The molecule has 0 bridgehead atoms. The molecule has 35 heavy (non-hydrogen) atoms. The smallest absolute Gasteiger partial charge is 0.345 e. The van der Waals surface area contributed by atoms with Crippen LogP contribution in [0.1, 0.15) is 20.1 Å². The zero-order valence-electron chi connectivity index (χ0n) is 18.9. The van der Waals surface area contributed by atoms with E-state index in [1.165, 1.54) is 28.8 Å². The van der Waals surface area contributed by atoms with Crippen LogP contribution in [0.25, 0.3) is 11.2 Å². The minimum absolute atomic E-state index is 0.0987. The number of hydrogen-bond acceptors (Lipinski definition) is 9. The number of hydrogen-bond donors (Lipinski definition) is 2. The number of rotatable bonds is 10. The molecule has 0 spiro atoms. The molecule has 3 aromatic rings. The Morgan fingerprint density at radius 2 is 2.09 bits per heavy atom. The SMILES string of the molecule is CCN(C(C)C(=O)O)P(=O)(CO[C@@H]1C=C(F)[C@H](n2cnc3c(N)ncnc32)O1)Oc1ccccc1. The molecule has 0 amide bonds. The van der Waals surface area contributed by atoms with Gasteiger partial charge in [-0.3, -0.25) is 13.9 Å². The number of anilines is 1. The minimum atomic E-state index is -3.92. The number of ether oxygens (including phenoxy) is 2. The van der Waals surface area contributed by atoms with Gasteiger partial charge in [-0.25, -0.2) is 24.0 Å². The molecule has 0 saturated carbocycles. The topological polar surface area (TPSA) is 155 Å². The number of fused-ring (bicyclic) bond motifs is 1. The summed E-state index contributed by atoms with van der Waals surface area (Å²) >= 11 is 0. The van der Waals surface area contributed by atoms with E-state index in [1.807, 2.05) is 0 Å². The Morgan fingerprint density at radius 3 is 2.77 bits per heavy atom. The molecular weight excluding hydrogens is 482 g/mol. The number of imidazole rings is 1. The molecule has 2 aromatic heterocycles. The number of para-hydroxylation sites is 1. The summed E-state index contributed by atoms with van der Waals surface area (Å²) in [5, 5.41) is 9.50. The van der Waals surface area contributed by atoms with E-state index in [0.717, 1.165) is 6.08 Å². The van der Waals surface area contributed by atoms with Gasteiger partial charge in [-0.15, -0.1) is 0 Å². The Hall–Kier alpha value is -3.38. The Kier molecular flexibility index (Phi) is 7.13. The quantitative estimate of drug-likeness (QED) is 0.390. The molecule has 0 radical (unpaired) electrons. The second-order valence-electron chi connectivity index (χ2n) is 7.60. The zero-order valence-corrected chi connectivity index (χ0v) is 19.8. The van der Waals surface area contributed by atoms with Crippen molar-refractivity contribution in [2.24, 2.45) is 0 Å². The number of carboxylic acid groups (broad SMARTS) is 1. The predicted octanol–water partition coefficient (Wildman–Crippen LogP) is 3.16. The first-order valence-corrected chi connectivity index (χ1v) is 12.4. The maximum atomic E-state index is 14.8. The highest BCUT2D eigenvalue weighted by Crippen LogP contribution is 2.52. The van der Waals surface area contributed by atoms with E-state index in [2.05, 4.69) is 15.0 Å². The van der Waals surface area contributed by atoms with Crippen molar-refractivity contribution < 1.29 is 32.9 Å². The van der Waals surface area contributed by atoms with Crippen molar-refractivity contribution in [1.82, 2.24) is 24.2 Å². The summed E-state index contributed by atoms with van der Waals surface area (Å²) in [5.41, 5.74) is 6.33. The Balaban J connectivity index is 1.54. The zero-order chi connectivity index (χ0) is 25.2. The molecule has 0 saturated heterocycles. The van der Waals surface area contributed by atoms with Crippen molar-refractivity contribution in [2.75, 3.05) is 18.6 Å². The van der Waals surface area contributed by atoms with Crippen LogP contribution in [0, 0.1) is 0 Å². The molecule has 0 fully saturated rings. The van der Waals surface area contributed by atoms with Crippen LogP contribution < -0.4 is 10.3 Å². The number of nitrogens with zero attached hydrogens (tertiary/aromatic N) is 5. The standard InChI is InChI=1S/C21H24FN6O6P/c1-3-28(13(2)21(29)30)35(31,34-14-7-5-4-6-8-14)12-32-16-9-15(22)20(33-16)27-11-26-17-18(23)24-10-25-19(17)27/h4-11,13,16,20H,3,12H2,1-2H3,(H,29,30)(H2,23,24,25)/t13?,16-,20+,35?/m0/s1. The lowest BCUT2D eigenvalue weighted by Crippen LogP contribution is -2.39. The molecule has 1 aliphatic heterocycles. The highest BCUT2D eigenvalue weighted by molar-refractivity contribution is 7.56. The molecule has 186 valence electrons. The van der Waals surface area contributed by atoms with Gasteiger partial charge < -0.3 is 24.8 Å². The molecule has 14 heteroatoms. The van der Waals surface area contributed by atoms with E-state index in [-0.39, 0.29) is 29.3 Å². The molecule has 1 aliphatic rings. The van der Waals surface area contributed by atoms with E-state index < -0.39 is 44.2 Å². The first kappa shape index (κ1) is 24.7. The lowest BCUT2D eigenvalue weighted by molar-refractivity contribution is -0.141. The van der Waals surface area contributed by atoms with Crippen molar-refractivity contribution in [3.63, 3.8) is 0 Å². The summed E-state index contributed by atoms with van der Waals surface area (Å²) in [4.78, 5) is 23.7. The lowest BCUT2D eigenvalue weighted by atomic mass is 10.3. The molecule has 4 rings (SSSR count). The van der Waals surface area contributed by atoms with Gasteiger partial charge in [0, 0.05) is 12.6 Å². The molecule has 1 aromatic carbocycles. The van der Waals surface area contributed by atoms with Crippen LogP contribution in [0.2, 0.25) is 0 Å². The van der Waals surface area contributed by atoms with E-state index >= 15 is 0 Å². The molecule has 12 nitrogen and oxygen atoms in total. The monoisotopic (exact) mass is 506 g/mol. The maximum Gasteiger partial charge on any atom is 0.345 e. The van der Waals surface area contributed by atoms with Crippen LogP contribution in [-0.4, -0.2) is 60.5 Å². The Bertz CT molecular complexity index is 1290. The van der Waals surface area contributed by atoms with Crippen molar-refractivity contribution in [3.05, 3.63) is 54.9 Å². The van der Waals surface area contributed by atoms with Crippen LogP contribution >= 0.6 is 7.52 Å². The van der Waals surface area contributed by atoms with Gasteiger partial charge in [0.15, 0.2) is 36.2 Å². The maximum absolute atomic E-state index is 14.8. The van der Waals surface area contributed by atoms with Gasteiger partial charge in [-0.1, -0.05) is 25.1 Å². The van der Waals surface area contributed by atoms with Gasteiger partial charge in [0.25, 0.3) is 0 Å². The highest BCUT2D eigenvalue weighted by atomic mass is 31.2. The Labute approximate surface area is 199 Å². The minimum Gasteiger partial charge on any atom is -0.480 e. The van der Waals surface area contributed by atoms with Crippen molar-refractivity contribution in [3.8, 4) is 5.75 Å². The predicted molar refractivity (Wildman–Crippen MR) is 123 cm³/mol. The van der Waals surface area contributed by atoms with Gasteiger partial charge >= 0.3 is 13.5 Å². The van der Waals surface area contributed by atoms with Crippen LogP contribution in [0.5, 0.6) is 5.75 Å². The summed E-state index contributed by atoms with van der Waals surface area (Å²) in [6.45, 7) is 3.15. The molecule has 3 heterocycles. The molecule has 4 atom stereocenters.